The third-order valence-corrected chi connectivity index (χ3v) is 6.95. The van der Waals surface area contributed by atoms with Crippen LogP contribution in [0.25, 0.3) is 11.3 Å². The van der Waals surface area contributed by atoms with Crippen LogP contribution in [0.15, 0.2) is 46.0 Å². The van der Waals surface area contributed by atoms with Crippen LogP contribution < -0.4 is 19.5 Å². The van der Waals surface area contributed by atoms with Crippen LogP contribution in [0.5, 0.6) is 17.4 Å². The molecule has 32 heavy (non-hydrogen) atoms. The Morgan fingerprint density at radius 1 is 1.09 bits per heavy atom. The van der Waals surface area contributed by atoms with Crippen molar-refractivity contribution in [2.45, 2.75) is 44.0 Å². The third-order valence-electron chi connectivity index (χ3n) is 5.34. The summed E-state index contributed by atoms with van der Waals surface area (Å²) in [5, 5.41) is 13.0. The van der Waals surface area contributed by atoms with Gasteiger partial charge in [-0.1, -0.05) is 72.1 Å². The maximum absolute atomic E-state index is 6.39. The molecule has 0 fully saturated rings. The van der Waals surface area contributed by atoms with E-state index in [0.29, 0.717) is 28.2 Å². The predicted molar refractivity (Wildman–Crippen MR) is 127 cm³/mol. The number of aromatic nitrogens is 3. The van der Waals surface area contributed by atoms with Gasteiger partial charge in [0.25, 0.3) is 0 Å². The van der Waals surface area contributed by atoms with Crippen molar-refractivity contribution in [3.05, 3.63) is 46.4 Å². The van der Waals surface area contributed by atoms with Crippen LogP contribution in [0.3, 0.4) is 0 Å². The number of ether oxygens (including phenoxy) is 3. The van der Waals surface area contributed by atoms with E-state index in [1.54, 1.807) is 11.8 Å². The summed E-state index contributed by atoms with van der Waals surface area (Å²) in [7, 11) is 0. The number of fused-ring (bicyclic) bond motifs is 4. The molecule has 2 aliphatic heterocycles. The molecule has 0 aliphatic carbocycles. The fourth-order valence-electron chi connectivity index (χ4n) is 3.68. The average Bonchev–Trinajstić information content (AvgIpc) is 3.19. The van der Waals surface area contributed by atoms with Crippen molar-refractivity contribution >= 4 is 33.4 Å². The lowest BCUT2D eigenvalue weighted by Crippen LogP contribution is -2.17. The van der Waals surface area contributed by atoms with E-state index < -0.39 is 6.23 Å². The Hall–Kier alpha value is -2.52. The van der Waals surface area contributed by atoms with Crippen molar-refractivity contribution in [3.63, 3.8) is 0 Å². The van der Waals surface area contributed by atoms with Crippen LogP contribution in [0, 0.1) is 0 Å². The lowest BCUT2D eigenvalue weighted by molar-refractivity contribution is 0.173. The molecule has 3 aromatic rings. The lowest BCUT2D eigenvalue weighted by Gasteiger charge is -2.20. The first kappa shape index (κ1) is 21.3. The van der Waals surface area contributed by atoms with Crippen molar-refractivity contribution in [2.24, 2.45) is 0 Å². The summed E-state index contributed by atoms with van der Waals surface area (Å²) >= 11 is 5.27. The van der Waals surface area contributed by atoms with Gasteiger partial charge in [0.1, 0.15) is 0 Å². The van der Waals surface area contributed by atoms with Crippen molar-refractivity contribution in [3.8, 4) is 28.6 Å². The summed E-state index contributed by atoms with van der Waals surface area (Å²) in [5.74, 6) is 2.83. The molecule has 166 valence electrons. The highest BCUT2D eigenvalue weighted by Crippen LogP contribution is 2.44. The highest BCUT2D eigenvalue weighted by Gasteiger charge is 2.29. The Labute approximate surface area is 199 Å². The molecular formula is C23H23BrN4O3S. The van der Waals surface area contributed by atoms with Gasteiger partial charge in [0.15, 0.2) is 23.4 Å². The van der Waals surface area contributed by atoms with Crippen LogP contribution in [-0.4, -0.2) is 27.7 Å². The number of hydrogen-bond donors (Lipinski definition) is 1. The molecule has 0 amide bonds. The minimum absolute atomic E-state index is 0.214. The summed E-state index contributed by atoms with van der Waals surface area (Å²) in [6.45, 7) is 2.43. The Balaban J connectivity index is 1.47. The topological polar surface area (TPSA) is 78.4 Å². The number of benzene rings is 2. The lowest BCUT2D eigenvalue weighted by atomic mass is 10.1. The minimum atomic E-state index is -0.500. The molecule has 0 spiro atoms. The van der Waals surface area contributed by atoms with Gasteiger partial charge in [-0.15, -0.1) is 10.2 Å². The molecule has 1 N–H and O–H groups in total. The van der Waals surface area contributed by atoms with E-state index in [4.69, 9.17) is 19.2 Å². The molecule has 1 aromatic heterocycles. The van der Waals surface area contributed by atoms with Crippen LogP contribution in [0.4, 0.5) is 5.69 Å². The molecule has 9 heteroatoms. The number of halogens is 1. The first-order valence-electron chi connectivity index (χ1n) is 10.7. The molecule has 5 rings (SSSR count). The standard InChI is InChI=1S/C23H23BrN4O3S/c1-2-3-4-7-10-32-23-26-22-20(27-28-23)14-8-5-6-9-17(14)25-21(31-22)15-11-18-19(12-16(15)24)30-13-29-18/h5-6,8-9,11-12,21,25H,2-4,7,10,13H2,1H3/t21-/m0/s1. The molecule has 0 unspecified atom stereocenters. The zero-order valence-corrected chi connectivity index (χ0v) is 20.0. The van der Waals surface area contributed by atoms with Crippen LogP contribution >= 0.6 is 27.7 Å². The van der Waals surface area contributed by atoms with E-state index in [2.05, 4.69) is 38.4 Å². The molecule has 7 nitrogen and oxygen atoms in total. The fourth-order valence-corrected chi connectivity index (χ4v) is 4.98. The van der Waals surface area contributed by atoms with E-state index >= 15 is 0 Å². The highest BCUT2D eigenvalue weighted by atomic mass is 79.9. The summed E-state index contributed by atoms with van der Waals surface area (Å²) < 4.78 is 18.3. The number of unbranched alkanes of at least 4 members (excludes halogenated alkanes) is 3. The molecule has 1 atom stereocenters. The van der Waals surface area contributed by atoms with Crippen molar-refractivity contribution in [1.29, 1.82) is 0 Å². The quantitative estimate of drug-likeness (QED) is 0.294. The molecule has 0 bridgehead atoms. The smallest absolute Gasteiger partial charge is 0.247 e. The molecule has 0 saturated carbocycles. The number of rotatable bonds is 7. The molecule has 2 aromatic carbocycles. The van der Waals surface area contributed by atoms with Gasteiger partial charge in [0, 0.05) is 27.0 Å². The fraction of sp³-hybridized carbons (Fsp3) is 0.348. The van der Waals surface area contributed by atoms with Crippen LogP contribution in [-0.2, 0) is 0 Å². The van der Waals surface area contributed by atoms with E-state index in [9.17, 15) is 0 Å². The Morgan fingerprint density at radius 3 is 2.81 bits per heavy atom. The summed E-state index contributed by atoms with van der Waals surface area (Å²) in [6.07, 6.45) is 4.33. The Morgan fingerprint density at radius 2 is 1.94 bits per heavy atom. The van der Waals surface area contributed by atoms with Crippen molar-refractivity contribution in [1.82, 2.24) is 15.2 Å². The van der Waals surface area contributed by atoms with Crippen molar-refractivity contribution < 1.29 is 14.2 Å². The number of thioether (sulfide) groups is 1. The van der Waals surface area contributed by atoms with Gasteiger partial charge in [0.05, 0.1) is 0 Å². The number of nitrogens with one attached hydrogen (secondary N) is 1. The first-order valence-corrected chi connectivity index (χ1v) is 12.5. The maximum Gasteiger partial charge on any atom is 0.247 e. The second-order valence-electron chi connectivity index (χ2n) is 7.57. The van der Waals surface area contributed by atoms with E-state index in [1.807, 2.05) is 36.4 Å². The highest BCUT2D eigenvalue weighted by molar-refractivity contribution is 9.10. The van der Waals surface area contributed by atoms with Gasteiger partial charge >= 0.3 is 0 Å². The SMILES string of the molecule is CCCCCCSc1nnc2c(n1)O[C@@H](c1cc3c(cc1Br)OCO3)Nc1ccccc1-2. The second kappa shape index (κ2) is 9.54. The minimum Gasteiger partial charge on any atom is -0.454 e. The van der Waals surface area contributed by atoms with Gasteiger partial charge in [0.2, 0.25) is 17.8 Å². The number of nitrogens with zero attached hydrogens (tertiary/aromatic N) is 3. The molecular weight excluding hydrogens is 492 g/mol. The van der Waals surface area contributed by atoms with Crippen LogP contribution in [0.1, 0.15) is 44.4 Å². The molecule has 0 radical (unpaired) electrons. The van der Waals surface area contributed by atoms with E-state index in [-0.39, 0.29) is 6.79 Å². The number of para-hydroxylation sites is 1. The van der Waals surface area contributed by atoms with Crippen LogP contribution in [0.2, 0.25) is 0 Å². The Bertz CT molecular complexity index is 1130. The predicted octanol–water partition coefficient (Wildman–Crippen LogP) is 6.21. The summed E-state index contributed by atoms with van der Waals surface area (Å²) in [5.41, 5.74) is 3.31. The maximum atomic E-state index is 6.39. The van der Waals surface area contributed by atoms with Crippen molar-refractivity contribution in [2.75, 3.05) is 17.9 Å². The normalized spacial score (nSPS) is 15.9. The summed E-state index contributed by atoms with van der Waals surface area (Å²) in [4.78, 5) is 4.72. The molecule has 3 heterocycles. The van der Waals surface area contributed by atoms with Gasteiger partial charge in [-0.2, -0.15) is 4.98 Å². The Kier molecular flexibility index (Phi) is 6.36. The first-order chi connectivity index (χ1) is 15.7. The zero-order chi connectivity index (χ0) is 21.9. The average molecular weight is 515 g/mol. The van der Waals surface area contributed by atoms with Gasteiger partial charge in [-0.25, -0.2) is 0 Å². The molecule has 2 aliphatic rings. The van der Waals surface area contributed by atoms with E-state index in [0.717, 1.165) is 33.5 Å². The summed E-state index contributed by atoms with van der Waals surface area (Å²) in [6, 6.07) is 11.8. The van der Waals surface area contributed by atoms with Gasteiger partial charge in [-0.05, 0) is 24.6 Å². The second-order valence-corrected chi connectivity index (χ2v) is 9.49. The van der Waals surface area contributed by atoms with E-state index in [1.165, 1.54) is 19.3 Å². The largest absolute Gasteiger partial charge is 0.454 e. The third kappa shape index (κ3) is 4.36. The monoisotopic (exact) mass is 514 g/mol. The number of hydrogen-bond acceptors (Lipinski definition) is 8. The zero-order valence-electron chi connectivity index (χ0n) is 17.6. The molecule has 0 saturated heterocycles. The van der Waals surface area contributed by atoms with Gasteiger partial charge < -0.3 is 19.5 Å². The number of anilines is 1. The van der Waals surface area contributed by atoms with Gasteiger partial charge in [-0.3, -0.25) is 0 Å².